The van der Waals surface area contributed by atoms with Gasteiger partial charge in [0.25, 0.3) is 0 Å². The van der Waals surface area contributed by atoms with Crippen LogP contribution in [0.2, 0.25) is 0 Å². The van der Waals surface area contributed by atoms with Gasteiger partial charge in [-0.1, -0.05) is 6.92 Å². The fraction of sp³-hybridized carbons (Fsp3) is 0.667. The van der Waals surface area contributed by atoms with E-state index in [2.05, 4.69) is 0 Å². The first kappa shape index (κ1) is 7.57. The Kier molecular flexibility index (Phi) is 1.31. The lowest BCUT2D eigenvalue weighted by Gasteiger charge is -2.34. The minimum Gasteiger partial charge on any atom is -0.195 e. The van der Waals surface area contributed by atoms with E-state index >= 15 is 0 Å². The minimum absolute atomic E-state index is 0.0113. The van der Waals surface area contributed by atoms with E-state index in [0.29, 0.717) is 6.08 Å². The molecule has 0 amide bonds. The largest absolute Gasteiger partial charge is 0.335 e. The van der Waals surface area contributed by atoms with E-state index in [9.17, 15) is 17.6 Å². The van der Waals surface area contributed by atoms with Crippen molar-refractivity contribution in [3.63, 3.8) is 0 Å². The number of hydrogen-bond acceptors (Lipinski definition) is 0. The average molecular weight is 154 g/mol. The summed E-state index contributed by atoms with van der Waals surface area (Å²) >= 11 is 0. The standard InChI is InChI=1S/C6H6F4/c1-2-4-3-5(7,8)6(4,9)10/h3H,2H2,1H3. The third-order valence-corrected chi connectivity index (χ3v) is 1.56. The molecule has 0 unspecified atom stereocenters. The van der Waals surface area contributed by atoms with E-state index < -0.39 is 17.4 Å². The quantitative estimate of drug-likeness (QED) is 0.402. The van der Waals surface area contributed by atoms with Crippen LogP contribution in [0.15, 0.2) is 11.6 Å². The highest BCUT2D eigenvalue weighted by Crippen LogP contribution is 2.50. The van der Waals surface area contributed by atoms with Crippen molar-refractivity contribution in [1.29, 1.82) is 0 Å². The van der Waals surface area contributed by atoms with Gasteiger partial charge in [0.05, 0.1) is 0 Å². The van der Waals surface area contributed by atoms with Gasteiger partial charge < -0.3 is 0 Å². The Balaban J connectivity index is 2.87. The zero-order valence-electron chi connectivity index (χ0n) is 5.30. The second-order valence-corrected chi connectivity index (χ2v) is 2.22. The van der Waals surface area contributed by atoms with Gasteiger partial charge >= 0.3 is 11.8 Å². The van der Waals surface area contributed by atoms with Crippen molar-refractivity contribution in [3.8, 4) is 0 Å². The molecule has 0 aliphatic heterocycles. The summed E-state index contributed by atoms with van der Waals surface area (Å²) < 4.78 is 48.2. The van der Waals surface area contributed by atoms with Crippen LogP contribution in [0, 0.1) is 0 Å². The summed E-state index contributed by atoms with van der Waals surface area (Å²) in [6.45, 7) is 1.43. The second kappa shape index (κ2) is 1.74. The summed E-state index contributed by atoms with van der Waals surface area (Å²) in [6.07, 6.45) is 0.315. The zero-order chi connectivity index (χ0) is 7.99. The fourth-order valence-electron chi connectivity index (χ4n) is 0.860. The molecule has 10 heavy (non-hydrogen) atoms. The van der Waals surface area contributed by atoms with Crippen LogP contribution in [0.3, 0.4) is 0 Å². The molecule has 0 N–H and O–H groups in total. The van der Waals surface area contributed by atoms with Crippen molar-refractivity contribution in [2.45, 2.75) is 25.2 Å². The lowest BCUT2D eigenvalue weighted by Crippen LogP contribution is -2.48. The number of halogens is 4. The first-order valence-corrected chi connectivity index (χ1v) is 2.89. The molecule has 0 radical (unpaired) electrons. The van der Waals surface area contributed by atoms with E-state index in [1.807, 2.05) is 0 Å². The molecule has 4 heteroatoms. The molecule has 0 saturated heterocycles. The molecule has 0 nitrogen and oxygen atoms in total. The van der Waals surface area contributed by atoms with Crippen molar-refractivity contribution in [2.75, 3.05) is 0 Å². The van der Waals surface area contributed by atoms with Crippen LogP contribution < -0.4 is 0 Å². The second-order valence-electron chi connectivity index (χ2n) is 2.22. The van der Waals surface area contributed by atoms with Crippen LogP contribution >= 0.6 is 0 Å². The van der Waals surface area contributed by atoms with E-state index in [4.69, 9.17) is 0 Å². The average Bonchev–Trinajstić information content (AvgIpc) is 1.83. The van der Waals surface area contributed by atoms with Crippen LogP contribution in [-0.4, -0.2) is 11.8 Å². The van der Waals surface area contributed by atoms with Crippen LogP contribution in [0.25, 0.3) is 0 Å². The Morgan fingerprint density at radius 2 is 1.80 bits per heavy atom. The van der Waals surface area contributed by atoms with Gasteiger partial charge in [-0.3, -0.25) is 0 Å². The molecule has 0 spiro atoms. The van der Waals surface area contributed by atoms with E-state index in [-0.39, 0.29) is 6.42 Å². The molecule has 0 fully saturated rings. The topological polar surface area (TPSA) is 0 Å². The molecule has 0 bridgehead atoms. The van der Waals surface area contributed by atoms with Gasteiger partial charge in [-0.15, -0.1) is 0 Å². The highest BCUT2D eigenvalue weighted by atomic mass is 19.3. The molecule has 0 atom stereocenters. The SMILES string of the molecule is CCC1=CC(F)(F)C1(F)F. The smallest absolute Gasteiger partial charge is 0.195 e. The third-order valence-electron chi connectivity index (χ3n) is 1.56. The van der Waals surface area contributed by atoms with Crippen molar-refractivity contribution >= 4 is 0 Å². The fourth-order valence-corrected chi connectivity index (χ4v) is 0.860. The maximum atomic E-state index is 12.2. The monoisotopic (exact) mass is 154 g/mol. The van der Waals surface area contributed by atoms with Crippen LogP contribution in [-0.2, 0) is 0 Å². The van der Waals surface area contributed by atoms with Gasteiger partial charge in [0.2, 0.25) is 0 Å². The number of hydrogen-bond donors (Lipinski definition) is 0. The van der Waals surface area contributed by atoms with Gasteiger partial charge in [-0.25, -0.2) is 0 Å². The predicted octanol–water partition coefficient (Wildman–Crippen LogP) is 2.61. The summed E-state index contributed by atoms with van der Waals surface area (Å²) in [7, 11) is 0. The maximum absolute atomic E-state index is 12.2. The van der Waals surface area contributed by atoms with Gasteiger partial charge in [-0.2, -0.15) is 17.6 Å². The van der Waals surface area contributed by atoms with Crippen LogP contribution in [0.1, 0.15) is 13.3 Å². The third kappa shape index (κ3) is 0.676. The summed E-state index contributed by atoms with van der Waals surface area (Å²) in [6, 6.07) is 0. The Morgan fingerprint density at radius 3 is 1.90 bits per heavy atom. The van der Waals surface area contributed by atoms with Gasteiger partial charge in [-0.05, 0) is 12.5 Å². The van der Waals surface area contributed by atoms with E-state index in [0.717, 1.165) is 0 Å². The van der Waals surface area contributed by atoms with Crippen LogP contribution in [0.5, 0.6) is 0 Å². The molecule has 1 aliphatic rings. The number of alkyl halides is 4. The Hall–Kier alpha value is -0.540. The maximum Gasteiger partial charge on any atom is 0.335 e. The molecule has 1 rings (SSSR count). The molecular weight excluding hydrogens is 148 g/mol. The van der Waals surface area contributed by atoms with Crippen molar-refractivity contribution in [1.82, 2.24) is 0 Å². The summed E-state index contributed by atoms with van der Waals surface area (Å²) in [5.41, 5.74) is -0.461. The Morgan fingerprint density at radius 1 is 1.30 bits per heavy atom. The molecule has 58 valence electrons. The predicted molar refractivity (Wildman–Crippen MR) is 28.3 cm³/mol. The summed E-state index contributed by atoms with van der Waals surface area (Å²) in [5.74, 6) is -7.79. The Labute approximate surface area is 55.5 Å². The minimum atomic E-state index is -3.90. The lowest BCUT2D eigenvalue weighted by molar-refractivity contribution is -0.181. The lowest BCUT2D eigenvalue weighted by atomic mass is 9.88. The molecule has 0 aromatic rings. The summed E-state index contributed by atoms with van der Waals surface area (Å²) in [5, 5.41) is 0. The van der Waals surface area contributed by atoms with E-state index in [1.54, 1.807) is 0 Å². The normalized spacial score (nSPS) is 27.1. The van der Waals surface area contributed by atoms with Crippen molar-refractivity contribution in [2.24, 2.45) is 0 Å². The number of rotatable bonds is 1. The molecule has 0 aromatic heterocycles. The van der Waals surface area contributed by atoms with Gasteiger partial charge in [0.15, 0.2) is 0 Å². The van der Waals surface area contributed by atoms with Crippen LogP contribution in [0.4, 0.5) is 17.6 Å². The zero-order valence-corrected chi connectivity index (χ0v) is 5.30. The highest BCUT2D eigenvalue weighted by molar-refractivity contribution is 5.33. The molecule has 0 aromatic carbocycles. The highest BCUT2D eigenvalue weighted by Gasteiger charge is 2.64. The van der Waals surface area contributed by atoms with Gasteiger partial charge in [0, 0.05) is 5.57 Å². The van der Waals surface area contributed by atoms with Crippen molar-refractivity contribution < 1.29 is 17.6 Å². The molecule has 1 aliphatic carbocycles. The molecular formula is C6H6F4. The van der Waals surface area contributed by atoms with E-state index in [1.165, 1.54) is 6.92 Å². The first-order chi connectivity index (χ1) is 4.42. The van der Waals surface area contributed by atoms with Crippen molar-refractivity contribution in [3.05, 3.63) is 11.6 Å². The first-order valence-electron chi connectivity index (χ1n) is 2.89. The summed E-state index contributed by atoms with van der Waals surface area (Å²) in [4.78, 5) is 0. The molecule has 0 saturated carbocycles. The van der Waals surface area contributed by atoms with Gasteiger partial charge in [0.1, 0.15) is 0 Å². The number of allylic oxidation sites excluding steroid dienone is 2. The Bertz CT molecular complexity index is 180. The molecule has 0 heterocycles.